The number of ether oxygens (including phenoxy) is 1. The predicted octanol–water partition coefficient (Wildman–Crippen LogP) is 3.36. The first-order chi connectivity index (χ1) is 14.7. The van der Waals surface area contributed by atoms with Gasteiger partial charge in [0.1, 0.15) is 11.4 Å². The highest BCUT2D eigenvalue weighted by Crippen LogP contribution is 2.23. The third kappa shape index (κ3) is 4.49. The largest absolute Gasteiger partial charge is 0.573 e. The van der Waals surface area contributed by atoms with Crippen molar-refractivity contribution in [3.63, 3.8) is 0 Å². The summed E-state index contributed by atoms with van der Waals surface area (Å²) in [5.41, 5.74) is 3.78. The van der Waals surface area contributed by atoms with Crippen molar-refractivity contribution in [3.8, 4) is 11.4 Å². The number of hydrogen-bond acceptors (Lipinski definition) is 5. The van der Waals surface area contributed by atoms with Crippen molar-refractivity contribution in [2.75, 3.05) is 0 Å². The van der Waals surface area contributed by atoms with Gasteiger partial charge in [-0.1, -0.05) is 5.21 Å². The Bertz CT molecular complexity index is 1240. The van der Waals surface area contributed by atoms with E-state index in [9.17, 15) is 18.0 Å². The number of halogens is 3. The maximum absolute atomic E-state index is 12.7. The molecule has 0 aliphatic carbocycles. The first kappa shape index (κ1) is 20.4. The molecule has 0 saturated heterocycles. The van der Waals surface area contributed by atoms with Gasteiger partial charge in [-0.25, -0.2) is 9.20 Å². The first-order valence-electron chi connectivity index (χ1n) is 9.21. The molecule has 160 valence electrons. The van der Waals surface area contributed by atoms with E-state index in [1.165, 1.54) is 28.9 Å². The van der Waals surface area contributed by atoms with Crippen LogP contribution in [0.3, 0.4) is 0 Å². The fourth-order valence-corrected chi connectivity index (χ4v) is 3.12. The monoisotopic (exact) mass is 430 g/mol. The summed E-state index contributed by atoms with van der Waals surface area (Å²) >= 11 is 0. The number of nitrogens with zero attached hydrogens (tertiary/aromatic N) is 5. The van der Waals surface area contributed by atoms with E-state index >= 15 is 0 Å². The minimum atomic E-state index is -4.75. The molecule has 1 amide bonds. The number of carbonyl (C=O) groups is 1. The minimum absolute atomic E-state index is 0.122. The molecule has 3 heterocycles. The highest BCUT2D eigenvalue weighted by Gasteiger charge is 2.31. The number of fused-ring (bicyclic) bond motifs is 1. The number of nitrogens with one attached hydrogen (secondary N) is 1. The van der Waals surface area contributed by atoms with Crippen LogP contribution in [-0.4, -0.2) is 36.9 Å². The summed E-state index contributed by atoms with van der Waals surface area (Å²) < 4.78 is 43.7. The van der Waals surface area contributed by atoms with E-state index in [4.69, 9.17) is 0 Å². The Morgan fingerprint density at radius 2 is 1.90 bits per heavy atom. The summed E-state index contributed by atoms with van der Waals surface area (Å²) in [6.45, 7) is 3.82. The van der Waals surface area contributed by atoms with E-state index in [2.05, 4.69) is 25.5 Å². The van der Waals surface area contributed by atoms with Crippen molar-refractivity contribution >= 4 is 11.4 Å². The van der Waals surface area contributed by atoms with Crippen molar-refractivity contribution in [2.24, 2.45) is 0 Å². The molecule has 31 heavy (non-hydrogen) atoms. The third-order valence-electron chi connectivity index (χ3n) is 4.50. The second kappa shape index (κ2) is 7.74. The number of rotatable bonds is 5. The van der Waals surface area contributed by atoms with Crippen LogP contribution in [0.5, 0.6) is 5.75 Å². The SMILES string of the molecule is Cc1ccn2nc(C)c(C(=O)NCc3cn(-c4ccc(OC(F)(F)F)cc4)nn3)c2c1. The van der Waals surface area contributed by atoms with Gasteiger partial charge in [-0.2, -0.15) is 5.10 Å². The maximum atomic E-state index is 12.7. The molecular formula is C20H17F3N6O2. The quantitative estimate of drug-likeness (QED) is 0.525. The summed E-state index contributed by atoms with van der Waals surface area (Å²) in [6.07, 6.45) is -1.38. The lowest BCUT2D eigenvalue weighted by atomic mass is 10.1. The fourth-order valence-electron chi connectivity index (χ4n) is 3.12. The van der Waals surface area contributed by atoms with Crippen molar-refractivity contribution in [3.05, 3.63) is 71.3 Å². The van der Waals surface area contributed by atoms with Crippen molar-refractivity contribution in [1.29, 1.82) is 0 Å². The Kier molecular flexibility index (Phi) is 5.09. The van der Waals surface area contributed by atoms with E-state index in [0.717, 1.165) is 5.56 Å². The molecule has 0 aliphatic heterocycles. The highest BCUT2D eigenvalue weighted by molar-refractivity contribution is 6.02. The molecule has 0 bridgehead atoms. The summed E-state index contributed by atoms with van der Waals surface area (Å²) in [5.74, 6) is -0.621. The van der Waals surface area contributed by atoms with Gasteiger partial charge in [0.15, 0.2) is 0 Å². The Morgan fingerprint density at radius 3 is 2.61 bits per heavy atom. The minimum Gasteiger partial charge on any atom is -0.406 e. The average Bonchev–Trinajstić information content (AvgIpc) is 3.29. The first-order valence-corrected chi connectivity index (χ1v) is 9.21. The van der Waals surface area contributed by atoms with Gasteiger partial charge in [0, 0.05) is 6.20 Å². The second-order valence-corrected chi connectivity index (χ2v) is 6.87. The summed E-state index contributed by atoms with van der Waals surface area (Å²) in [6, 6.07) is 8.99. The number of carbonyl (C=O) groups excluding carboxylic acids is 1. The molecule has 0 aliphatic rings. The topological polar surface area (TPSA) is 86.3 Å². The van der Waals surface area contributed by atoms with Gasteiger partial charge >= 0.3 is 6.36 Å². The normalized spacial score (nSPS) is 11.6. The molecule has 8 nitrogen and oxygen atoms in total. The van der Waals surface area contributed by atoms with Crippen molar-refractivity contribution < 1.29 is 22.7 Å². The molecule has 11 heteroatoms. The van der Waals surface area contributed by atoms with E-state index in [-0.39, 0.29) is 18.2 Å². The molecule has 3 aromatic heterocycles. The standard InChI is InChI=1S/C20H17F3N6O2/c1-12-7-8-28-17(9-12)18(13(2)26-28)19(30)24-10-14-11-29(27-25-14)15-3-5-16(6-4-15)31-20(21,22)23/h3-9,11H,10H2,1-2H3,(H,24,30). The number of aromatic nitrogens is 5. The average molecular weight is 430 g/mol. The summed E-state index contributed by atoms with van der Waals surface area (Å²) in [5, 5.41) is 15.1. The number of aryl methyl sites for hydroxylation is 2. The van der Waals surface area contributed by atoms with Crippen molar-refractivity contribution in [1.82, 2.24) is 29.9 Å². The molecule has 0 saturated carbocycles. The lowest BCUT2D eigenvalue weighted by Crippen LogP contribution is -2.23. The van der Waals surface area contributed by atoms with Crippen LogP contribution in [0.4, 0.5) is 13.2 Å². The van der Waals surface area contributed by atoms with Crippen LogP contribution >= 0.6 is 0 Å². The fraction of sp³-hybridized carbons (Fsp3) is 0.200. The molecule has 0 spiro atoms. The van der Waals surface area contributed by atoms with Crippen LogP contribution in [0.25, 0.3) is 11.2 Å². The molecule has 0 fully saturated rings. The third-order valence-corrected chi connectivity index (χ3v) is 4.50. The lowest BCUT2D eigenvalue weighted by Gasteiger charge is -2.09. The number of benzene rings is 1. The number of alkyl halides is 3. The Labute approximate surface area is 174 Å². The van der Waals surface area contributed by atoms with Gasteiger partial charge < -0.3 is 10.1 Å². The van der Waals surface area contributed by atoms with Crippen LogP contribution in [0.1, 0.15) is 27.3 Å². The molecule has 4 aromatic rings. The Balaban J connectivity index is 1.45. The number of pyridine rings is 1. The molecule has 0 unspecified atom stereocenters. The summed E-state index contributed by atoms with van der Waals surface area (Å²) in [4.78, 5) is 12.7. The van der Waals surface area contributed by atoms with Gasteiger partial charge in [-0.15, -0.1) is 18.3 Å². The number of hydrogen-bond donors (Lipinski definition) is 1. The van der Waals surface area contributed by atoms with Crippen LogP contribution in [-0.2, 0) is 6.54 Å². The molecule has 0 atom stereocenters. The smallest absolute Gasteiger partial charge is 0.406 e. The van der Waals surface area contributed by atoms with Gasteiger partial charge in [0.25, 0.3) is 5.91 Å². The van der Waals surface area contributed by atoms with Gasteiger partial charge in [-0.05, 0) is 55.8 Å². The van der Waals surface area contributed by atoms with Crippen LogP contribution in [0.15, 0.2) is 48.8 Å². The van der Waals surface area contributed by atoms with E-state index < -0.39 is 6.36 Å². The van der Waals surface area contributed by atoms with E-state index in [1.807, 2.05) is 19.1 Å². The molecular weight excluding hydrogens is 413 g/mol. The van der Waals surface area contributed by atoms with E-state index in [0.29, 0.717) is 28.2 Å². The lowest BCUT2D eigenvalue weighted by molar-refractivity contribution is -0.274. The highest BCUT2D eigenvalue weighted by atomic mass is 19.4. The van der Waals surface area contributed by atoms with Gasteiger partial charge in [-0.3, -0.25) is 4.79 Å². The molecule has 1 N–H and O–H groups in total. The molecule has 1 aromatic carbocycles. The van der Waals surface area contributed by atoms with Gasteiger partial charge in [0.2, 0.25) is 0 Å². The molecule has 4 rings (SSSR count). The maximum Gasteiger partial charge on any atom is 0.573 e. The van der Waals surface area contributed by atoms with Crippen LogP contribution < -0.4 is 10.1 Å². The Hall–Kier alpha value is -3.89. The number of amides is 1. The van der Waals surface area contributed by atoms with Crippen LogP contribution in [0.2, 0.25) is 0 Å². The zero-order chi connectivity index (χ0) is 22.2. The van der Waals surface area contributed by atoms with Crippen molar-refractivity contribution in [2.45, 2.75) is 26.8 Å². The van der Waals surface area contributed by atoms with Gasteiger partial charge in [0.05, 0.1) is 35.2 Å². The summed E-state index contributed by atoms with van der Waals surface area (Å²) in [7, 11) is 0. The zero-order valence-electron chi connectivity index (χ0n) is 16.5. The molecule has 0 radical (unpaired) electrons. The zero-order valence-corrected chi connectivity index (χ0v) is 16.5. The Morgan fingerprint density at radius 1 is 1.16 bits per heavy atom. The van der Waals surface area contributed by atoms with E-state index in [1.54, 1.807) is 23.8 Å². The van der Waals surface area contributed by atoms with Crippen LogP contribution in [0, 0.1) is 13.8 Å². The predicted molar refractivity (Wildman–Crippen MR) is 104 cm³/mol. The second-order valence-electron chi connectivity index (χ2n) is 6.87.